The topological polar surface area (TPSA) is 41.6 Å². The van der Waals surface area contributed by atoms with Crippen molar-refractivity contribution in [3.63, 3.8) is 0 Å². The lowest BCUT2D eigenvalue weighted by atomic mass is 10.7. The molecule has 4 nitrogen and oxygen atoms in total. The Bertz CT molecular complexity index is 115. The molecule has 0 radical (unpaired) electrons. The van der Waals surface area contributed by atoms with E-state index < -0.39 is 0 Å². The smallest absolute Gasteiger partial charge is 0.425 e. The third kappa shape index (κ3) is 0.742. The second-order valence-corrected chi connectivity index (χ2v) is 1.71. The Labute approximate surface area is 47.4 Å². The standard InChI is InChI=1S/C4H8N2O2/c1-3-5-6(2)4(7)8-3/h3,5H,1-2H3. The van der Waals surface area contributed by atoms with Crippen LogP contribution in [0.4, 0.5) is 4.79 Å². The van der Waals surface area contributed by atoms with Crippen molar-refractivity contribution in [1.82, 2.24) is 10.4 Å². The van der Waals surface area contributed by atoms with Crippen molar-refractivity contribution in [3.05, 3.63) is 0 Å². The molecule has 1 fully saturated rings. The van der Waals surface area contributed by atoms with E-state index in [-0.39, 0.29) is 12.3 Å². The molecule has 1 heterocycles. The van der Waals surface area contributed by atoms with Crippen LogP contribution in [0, 0.1) is 0 Å². The number of hydrogen-bond donors (Lipinski definition) is 1. The van der Waals surface area contributed by atoms with Gasteiger partial charge < -0.3 is 4.74 Å². The molecule has 1 atom stereocenters. The van der Waals surface area contributed by atoms with E-state index in [1.54, 1.807) is 14.0 Å². The maximum absolute atomic E-state index is 10.4. The monoisotopic (exact) mass is 116 g/mol. The summed E-state index contributed by atoms with van der Waals surface area (Å²) in [5, 5.41) is 1.31. The minimum absolute atomic E-state index is 0.174. The van der Waals surface area contributed by atoms with Crippen molar-refractivity contribution in [2.75, 3.05) is 7.05 Å². The number of hydrogen-bond acceptors (Lipinski definition) is 3. The molecule has 1 unspecified atom stereocenters. The van der Waals surface area contributed by atoms with Crippen LogP contribution in [0.3, 0.4) is 0 Å². The number of ether oxygens (including phenoxy) is 1. The number of nitrogens with zero attached hydrogens (tertiary/aromatic N) is 1. The van der Waals surface area contributed by atoms with E-state index in [9.17, 15) is 4.79 Å². The van der Waals surface area contributed by atoms with Gasteiger partial charge in [-0.05, 0) is 6.92 Å². The summed E-state index contributed by atoms with van der Waals surface area (Å²) in [6.07, 6.45) is -0.495. The third-order valence-corrected chi connectivity index (χ3v) is 0.927. The van der Waals surface area contributed by atoms with Gasteiger partial charge in [0.1, 0.15) is 0 Å². The summed E-state index contributed by atoms with van der Waals surface area (Å²) in [4.78, 5) is 10.4. The molecule has 0 aliphatic carbocycles. The number of amides is 1. The molecular formula is C4H8N2O2. The predicted molar refractivity (Wildman–Crippen MR) is 26.8 cm³/mol. The van der Waals surface area contributed by atoms with Crippen LogP contribution >= 0.6 is 0 Å². The summed E-state index contributed by atoms with van der Waals surface area (Å²) in [5.74, 6) is 0. The molecule has 8 heavy (non-hydrogen) atoms. The summed E-state index contributed by atoms with van der Waals surface area (Å²) in [5.41, 5.74) is 2.73. The first kappa shape index (κ1) is 5.37. The van der Waals surface area contributed by atoms with Crippen molar-refractivity contribution in [2.45, 2.75) is 13.2 Å². The highest BCUT2D eigenvalue weighted by Crippen LogP contribution is 1.99. The largest absolute Gasteiger partial charge is 0.428 e. The second kappa shape index (κ2) is 1.63. The summed E-state index contributed by atoms with van der Waals surface area (Å²) in [6, 6.07) is 0. The van der Waals surface area contributed by atoms with Crippen LogP contribution in [0.25, 0.3) is 0 Å². The van der Waals surface area contributed by atoms with E-state index in [2.05, 4.69) is 10.2 Å². The van der Waals surface area contributed by atoms with Crippen LogP contribution in [0.2, 0.25) is 0 Å². The second-order valence-electron chi connectivity index (χ2n) is 1.71. The first-order chi connectivity index (χ1) is 3.70. The molecule has 4 heteroatoms. The molecule has 1 saturated heterocycles. The van der Waals surface area contributed by atoms with E-state index in [0.29, 0.717) is 0 Å². The fourth-order valence-corrected chi connectivity index (χ4v) is 0.582. The fraction of sp³-hybridized carbons (Fsp3) is 0.750. The zero-order valence-electron chi connectivity index (χ0n) is 4.84. The average Bonchev–Trinajstić information content (AvgIpc) is 1.85. The van der Waals surface area contributed by atoms with Gasteiger partial charge in [-0.2, -0.15) is 5.43 Å². The van der Waals surface area contributed by atoms with Crippen LogP contribution in [0.15, 0.2) is 0 Å². The number of carbonyl (C=O) groups excluding carboxylic acids is 1. The van der Waals surface area contributed by atoms with E-state index in [1.807, 2.05) is 0 Å². The van der Waals surface area contributed by atoms with Gasteiger partial charge in [-0.1, -0.05) is 0 Å². The lowest BCUT2D eigenvalue weighted by Crippen LogP contribution is -2.31. The van der Waals surface area contributed by atoms with Crippen LogP contribution in [0.1, 0.15) is 6.92 Å². The Morgan fingerprint density at radius 3 is 2.62 bits per heavy atom. The number of nitrogens with one attached hydrogen (secondary N) is 1. The van der Waals surface area contributed by atoms with Crippen molar-refractivity contribution in [3.8, 4) is 0 Å². The maximum atomic E-state index is 10.4. The molecule has 0 spiro atoms. The van der Waals surface area contributed by atoms with Gasteiger partial charge >= 0.3 is 6.09 Å². The first-order valence-electron chi connectivity index (χ1n) is 2.40. The molecule has 1 aliphatic heterocycles. The zero-order valence-corrected chi connectivity index (χ0v) is 4.84. The SMILES string of the molecule is CC1NN(C)C(=O)O1. The fourth-order valence-electron chi connectivity index (χ4n) is 0.582. The van der Waals surface area contributed by atoms with Gasteiger partial charge in [0.2, 0.25) is 0 Å². The summed E-state index contributed by atoms with van der Waals surface area (Å²) in [7, 11) is 1.62. The van der Waals surface area contributed by atoms with Crippen molar-refractivity contribution < 1.29 is 9.53 Å². The Hall–Kier alpha value is -0.770. The minimum atomic E-state index is -0.322. The minimum Gasteiger partial charge on any atom is -0.428 e. The van der Waals surface area contributed by atoms with E-state index >= 15 is 0 Å². The van der Waals surface area contributed by atoms with E-state index in [1.165, 1.54) is 5.01 Å². The molecule has 0 aromatic carbocycles. The van der Waals surface area contributed by atoms with Crippen LogP contribution < -0.4 is 5.43 Å². The molecule has 46 valence electrons. The number of hydrazine groups is 1. The highest BCUT2D eigenvalue weighted by molar-refractivity contribution is 5.68. The Kier molecular flexibility index (Phi) is 1.09. The van der Waals surface area contributed by atoms with Gasteiger partial charge in [-0.25, -0.2) is 9.80 Å². The zero-order chi connectivity index (χ0) is 6.15. The predicted octanol–water partition coefficient (Wildman–Crippen LogP) is -0.0810. The molecule has 1 rings (SSSR count). The van der Waals surface area contributed by atoms with Crippen LogP contribution in [-0.4, -0.2) is 24.4 Å². The first-order valence-corrected chi connectivity index (χ1v) is 2.40. The summed E-state index contributed by atoms with van der Waals surface area (Å²) < 4.78 is 4.65. The molecule has 0 saturated carbocycles. The Morgan fingerprint density at radius 1 is 1.88 bits per heavy atom. The van der Waals surface area contributed by atoms with Gasteiger partial charge in [0.05, 0.1) is 0 Å². The molecule has 0 bridgehead atoms. The van der Waals surface area contributed by atoms with Crippen LogP contribution in [0.5, 0.6) is 0 Å². The van der Waals surface area contributed by atoms with Gasteiger partial charge in [-0.15, -0.1) is 0 Å². The Balaban J connectivity index is 2.51. The highest BCUT2D eigenvalue weighted by Gasteiger charge is 2.22. The van der Waals surface area contributed by atoms with Gasteiger partial charge in [-0.3, -0.25) is 0 Å². The maximum Gasteiger partial charge on any atom is 0.425 e. The highest BCUT2D eigenvalue weighted by atomic mass is 16.6. The molecule has 0 aromatic heterocycles. The molecular weight excluding hydrogens is 108 g/mol. The van der Waals surface area contributed by atoms with E-state index in [0.717, 1.165) is 0 Å². The van der Waals surface area contributed by atoms with E-state index in [4.69, 9.17) is 0 Å². The number of carbonyl (C=O) groups is 1. The van der Waals surface area contributed by atoms with Gasteiger partial charge in [0.15, 0.2) is 6.23 Å². The third-order valence-electron chi connectivity index (χ3n) is 0.927. The Morgan fingerprint density at radius 2 is 2.50 bits per heavy atom. The average molecular weight is 116 g/mol. The number of rotatable bonds is 0. The van der Waals surface area contributed by atoms with Crippen molar-refractivity contribution in [1.29, 1.82) is 0 Å². The lowest BCUT2D eigenvalue weighted by Gasteiger charge is -2.01. The van der Waals surface area contributed by atoms with Crippen molar-refractivity contribution in [2.24, 2.45) is 0 Å². The van der Waals surface area contributed by atoms with Gasteiger partial charge in [0, 0.05) is 7.05 Å². The lowest BCUT2D eigenvalue weighted by molar-refractivity contribution is 0.137. The molecule has 1 amide bonds. The van der Waals surface area contributed by atoms with Crippen LogP contribution in [-0.2, 0) is 4.74 Å². The van der Waals surface area contributed by atoms with Gasteiger partial charge in [0.25, 0.3) is 0 Å². The quantitative estimate of drug-likeness (QED) is 0.481. The summed E-state index contributed by atoms with van der Waals surface area (Å²) >= 11 is 0. The van der Waals surface area contributed by atoms with Crippen molar-refractivity contribution >= 4 is 6.09 Å². The molecule has 0 aromatic rings. The number of cyclic esters (lactones) is 1. The normalized spacial score (nSPS) is 28.5. The molecule has 1 N–H and O–H groups in total. The summed E-state index contributed by atoms with van der Waals surface area (Å²) in [6.45, 7) is 1.77. The molecule has 1 aliphatic rings.